The number of nitrogens with zero attached hydrogens (tertiary/aromatic N) is 1. The molecule has 0 spiro atoms. The summed E-state index contributed by atoms with van der Waals surface area (Å²) in [4.78, 5) is 24.8. The molecule has 1 fully saturated rings. The topological polar surface area (TPSA) is 94.2 Å². The van der Waals surface area contributed by atoms with Crippen molar-refractivity contribution in [2.24, 2.45) is 11.1 Å². The first-order valence-electron chi connectivity index (χ1n) is 11.9. The number of rotatable bonds is 4. The van der Waals surface area contributed by atoms with Crippen LogP contribution in [-0.2, 0) is 17.2 Å². The van der Waals surface area contributed by atoms with E-state index in [0.29, 0.717) is 54.7 Å². The molecular weight excluding hydrogens is 465 g/mol. The second-order valence-electron chi connectivity index (χ2n) is 9.89. The Bertz CT molecular complexity index is 1300. The monoisotopic (exact) mass is 497 g/mol. The summed E-state index contributed by atoms with van der Waals surface area (Å²) in [5.74, 6) is 0.660. The normalized spacial score (nSPS) is 21.1. The summed E-state index contributed by atoms with van der Waals surface area (Å²) in [5.41, 5.74) is 7.95. The van der Waals surface area contributed by atoms with Crippen molar-refractivity contribution in [1.82, 2.24) is 4.57 Å². The van der Waals surface area contributed by atoms with Gasteiger partial charge in [0.15, 0.2) is 6.29 Å². The van der Waals surface area contributed by atoms with Gasteiger partial charge in [0, 0.05) is 57.1 Å². The molecule has 3 heterocycles. The van der Waals surface area contributed by atoms with Crippen LogP contribution >= 0.6 is 0 Å². The van der Waals surface area contributed by atoms with Crippen LogP contribution in [0.2, 0.25) is 0 Å². The molecule has 1 aromatic heterocycles. The SMILES string of the molecule is CC1(C)CC(=O)n2c(c(-c3cc(F)c(C=O)c(NC4CCS(=O)CC4)c3)c3ccccc32)C1.CN. The summed E-state index contributed by atoms with van der Waals surface area (Å²) >= 11 is 0. The van der Waals surface area contributed by atoms with Gasteiger partial charge in [-0.2, -0.15) is 0 Å². The number of benzene rings is 2. The fourth-order valence-electron chi connectivity index (χ4n) is 5.23. The Morgan fingerprint density at radius 3 is 2.51 bits per heavy atom. The van der Waals surface area contributed by atoms with Crippen LogP contribution in [0, 0.1) is 11.2 Å². The average molecular weight is 498 g/mol. The molecule has 0 unspecified atom stereocenters. The molecule has 2 aliphatic heterocycles. The predicted octanol–water partition coefficient (Wildman–Crippen LogP) is 4.77. The lowest BCUT2D eigenvalue weighted by molar-refractivity contribution is 0.0816. The molecule has 0 aliphatic carbocycles. The molecule has 0 saturated carbocycles. The smallest absolute Gasteiger partial charge is 0.231 e. The highest BCUT2D eigenvalue weighted by atomic mass is 32.2. The van der Waals surface area contributed by atoms with Crippen LogP contribution in [0.1, 0.15) is 54.0 Å². The van der Waals surface area contributed by atoms with Crippen molar-refractivity contribution in [3.63, 3.8) is 0 Å². The molecule has 35 heavy (non-hydrogen) atoms. The quantitative estimate of drug-likeness (QED) is 0.507. The summed E-state index contributed by atoms with van der Waals surface area (Å²) in [6.07, 6.45) is 3.11. The van der Waals surface area contributed by atoms with E-state index in [-0.39, 0.29) is 22.9 Å². The van der Waals surface area contributed by atoms with Gasteiger partial charge in [-0.05, 0) is 55.5 Å². The van der Waals surface area contributed by atoms with Gasteiger partial charge in [0.05, 0.1) is 11.1 Å². The summed E-state index contributed by atoms with van der Waals surface area (Å²) in [5, 5.41) is 4.24. The number of fused-ring (bicyclic) bond motifs is 3. The zero-order valence-electron chi connectivity index (χ0n) is 20.4. The molecule has 3 aromatic rings. The minimum Gasteiger partial charge on any atom is -0.382 e. The lowest BCUT2D eigenvalue weighted by Gasteiger charge is -2.30. The number of carbonyl (C=O) groups excluding carboxylic acids is 2. The van der Waals surface area contributed by atoms with Crippen molar-refractivity contribution in [3.05, 3.63) is 53.5 Å². The molecule has 0 amide bonds. The number of aldehydes is 1. The summed E-state index contributed by atoms with van der Waals surface area (Å²) in [7, 11) is 0.694. The third-order valence-electron chi connectivity index (χ3n) is 6.78. The molecule has 0 radical (unpaired) electrons. The zero-order chi connectivity index (χ0) is 25.3. The number of hydrogen-bond acceptors (Lipinski definition) is 5. The molecular formula is C27H32FN3O3S. The van der Waals surface area contributed by atoms with E-state index >= 15 is 4.39 Å². The molecule has 186 valence electrons. The fourth-order valence-corrected chi connectivity index (χ4v) is 6.53. The standard InChI is InChI=1S/C26H27FN2O3S.CH5N/c1-26(2)13-23-25(18-5-3-4-6-22(18)29(23)24(31)14-26)16-11-20(27)19(15-30)21(12-16)28-17-7-9-33(32)10-8-17;1-2/h3-6,11-12,15,17,28H,7-10,13-14H2,1-2H3;2H2,1H3. The Morgan fingerprint density at radius 2 is 1.83 bits per heavy atom. The van der Waals surface area contributed by atoms with Gasteiger partial charge >= 0.3 is 0 Å². The second-order valence-corrected chi connectivity index (χ2v) is 11.6. The lowest BCUT2D eigenvalue weighted by Crippen LogP contribution is -2.31. The maximum absolute atomic E-state index is 15.2. The summed E-state index contributed by atoms with van der Waals surface area (Å²) < 4.78 is 28.7. The van der Waals surface area contributed by atoms with Crippen molar-refractivity contribution < 1.29 is 18.2 Å². The highest BCUT2D eigenvalue weighted by Crippen LogP contribution is 2.43. The van der Waals surface area contributed by atoms with Gasteiger partial charge < -0.3 is 11.1 Å². The highest BCUT2D eigenvalue weighted by Gasteiger charge is 2.35. The predicted molar refractivity (Wildman–Crippen MR) is 140 cm³/mol. The highest BCUT2D eigenvalue weighted by molar-refractivity contribution is 7.85. The van der Waals surface area contributed by atoms with E-state index in [4.69, 9.17) is 0 Å². The molecule has 6 nitrogen and oxygen atoms in total. The number of para-hydroxylation sites is 1. The van der Waals surface area contributed by atoms with Gasteiger partial charge in [-0.25, -0.2) is 4.39 Å². The van der Waals surface area contributed by atoms with E-state index in [1.54, 1.807) is 4.57 Å². The van der Waals surface area contributed by atoms with Gasteiger partial charge in [-0.15, -0.1) is 0 Å². The van der Waals surface area contributed by atoms with Gasteiger partial charge in [0.1, 0.15) is 5.82 Å². The molecule has 0 atom stereocenters. The molecule has 0 bridgehead atoms. The fraction of sp³-hybridized carbons (Fsp3) is 0.407. The van der Waals surface area contributed by atoms with Crippen molar-refractivity contribution in [2.75, 3.05) is 23.9 Å². The zero-order valence-corrected chi connectivity index (χ0v) is 21.2. The Balaban J connectivity index is 0.00000141. The minimum absolute atomic E-state index is 0.000709. The van der Waals surface area contributed by atoms with Crippen LogP contribution in [0.5, 0.6) is 0 Å². The third kappa shape index (κ3) is 4.82. The van der Waals surface area contributed by atoms with Crippen LogP contribution in [0.3, 0.4) is 0 Å². The Morgan fingerprint density at radius 1 is 1.14 bits per heavy atom. The Labute approximate surface area is 207 Å². The average Bonchev–Trinajstić information content (AvgIpc) is 3.14. The number of halogens is 1. The van der Waals surface area contributed by atoms with Gasteiger partial charge in [0.25, 0.3) is 0 Å². The van der Waals surface area contributed by atoms with Gasteiger partial charge in [-0.1, -0.05) is 32.0 Å². The molecule has 2 aromatic carbocycles. The van der Waals surface area contributed by atoms with Gasteiger partial charge in [-0.3, -0.25) is 18.4 Å². The van der Waals surface area contributed by atoms with Crippen molar-refractivity contribution >= 4 is 39.6 Å². The number of anilines is 1. The molecule has 2 aliphatic rings. The van der Waals surface area contributed by atoms with Crippen molar-refractivity contribution in [3.8, 4) is 11.1 Å². The van der Waals surface area contributed by atoms with E-state index in [1.165, 1.54) is 13.1 Å². The molecule has 8 heteroatoms. The van der Waals surface area contributed by atoms with Crippen LogP contribution in [0.15, 0.2) is 36.4 Å². The first-order valence-corrected chi connectivity index (χ1v) is 13.4. The number of aromatic nitrogens is 1. The number of carbonyl (C=O) groups is 2. The minimum atomic E-state index is -0.806. The third-order valence-corrected chi connectivity index (χ3v) is 8.16. The number of hydrogen-bond donors (Lipinski definition) is 2. The molecule has 1 saturated heterocycles. The van der Waals surface area contributed by atoms with Crippen molar-refractivity contribution in [1.29, 1.82) is 0 Å². The maximum Gasteiger partial charge on any atom is 0.231 e. The van der Waals surface area contributed by atoms with E-state index in [9.17, 15) is 13.8 Å². The lowest BCUT2D eigenvalue weighted by atomic mass is 9.80. The van der Waals surface area contributed by atoms with Crippen molar-refractivity contribution in [2.45, 2.75) is 45.6 Å². The van der Waals surface area contributed by atoms with E-state index in [2.05, 4.69) is 24.9 Å². The Hall–Kier alpha value is -2.84. The maximum atomic E-state index is 15.2. The van der Waals surface area contributed by atoms with Gasteiger partial charge in [0.2, 0.25) is 5.91 Å². The van der Waals surface area contributed by atoms with E-state index < -0.39 is 16.6 Å². The summed E-state index contributed by atoms with van der Waals surface area (Å²) in [6.45, 7) is 4.15. The van der Waals surface area contributed by atoms with Crippen LogP contribution < -0.4 is 11.1 Å². The van der Waals surface area contributed by atoms with Crippen LogP contribution in [0.25, 0.3) is 22.0 Å². The Kier molecular flexibility index (Phi) is 7.24. The number of nitrogens with one attached hydrogen (secondary N) is 1. The molecule has 5 rings (SSSR count). The summed E-state index contributed by atoms with van der Waals surface area (Å²) in [6, 6.07) is 11.0. The first kappa shape index (κ1) is 25.3. The number of nitrogens with two attached hydrogens (primary N) is 1. The van der Waals surface area contributed by atoms with E-state index in [0.717, 1.165) is 22.2 Å². The van der Waals surface area contributed by atoms with Crippen LogP contribution in [0.4, 0.5) is 10.1 Å². The van der Waals surface area contributed by atoms with Crippen LogP contribution in [-0.4, -0.2) is 45.6 Å². The molecule has 3 N–H and O–H groups in total. The largest absolute Gasteiger partial charge is 0.382 e. The second kappa shape index (κ2) is 10.0. The first-order chi connectivity index (χ1) is 16.8. The van der Waals surface area contributed by atoms with E-state index in [1.807, 2.05) is 30.3 Å².